The van der Waals surface area contributed by atoms with Crippen molar-refractivity contribution >= 4 is 40.1 Å². The van der Waals surface area contributed by atoms with E-state index in [4.69, 9.17) is 0 Å². The summed E-state index contributed by atoms with van der Waals surface area (Å²) in [5.74, 6) is -0.390. The Morgan fingerprint density at radius 1 is 1.32 bits per heavy atom. The Kier molecular flexibility index (Phi) is 5.51. The second-order valence-electron chi connectivity index (χ2n) is 4.51. The Hall–Kier alpha value is -1.93. The maximum Gasteiger partial charge on any atom is 0.316 e. The van der Waals surface area contributed by atoms with Gasteiger partial charge in [0.25, 0.3) is 5.91 Å². The van der Waals surface area contributed by atoms with Crippen molar-refractivity contribution in [2.45, 2.75) is 18.2 Å². The van der Waals surface area contributed by atoms with E-state index in [0.29, 0.717) is 15.0 Å². The lowest BCUT2D eigenvalue weighted by molar-refractivity contribution is -0.137. The third-order valence-corrected chi connectivity index (χ3v) is 4.75. The van der Waals surface area contributed by atoms with Gasteiger partial charge in [0.15, 0.2) is 4.34 Å². The molecule has 0 fully saturated rings. The molecule has 1 heterocycles. The van der Waals surface area contributed by atoms with Crippen molar-refractivity contribution in [1.82, 2.24) is 10.2 Å². The largest absolute Gasteiger partial charge is 0.468 e. The monoisotopic (exact) mass is 337 g/mol. The molecule has 1 N–H and O–H groups in total. The molecule has 0 spiro atoms. The lowest BCUT2D eigenvalue weighted by atomic mass is 10.1. The molecule has 0 aliphatic heterocycles. The minimum absolute atomic E-state index is 0.163. The van der Waals surface area contributed by atoms with E-state index in [0.717, 1.165) is 11.1 Å². The molecule has 1 amide bonds. The highest BCUT2D eigenvalue weighted by atomic mass is 32.2. The number of methoxy groups -OCH3 is 1. The molecule has 8 heteroatoms. The average molecular weight is 337 g/mol. The topological polar surface area (TPSA) is 81.2 Å². The Labute approximate surface area is 136 Å². The van der Waals surface area contributed by atoms with E-state index in [1.54, 1.807) is 0 Å². The minimum atomic E-state index is -0.332. The van der Waals surface area contributed by atoms with Crippen molar-refractivity contribution < 1.29 is 14.3 Å². The second-order valence-corrected chi connectivity index (χ2v) is 6.71. The van der Waals surface area contributed by atoms with Gasteiger partial charge in [-0.1, -0.05) is 40.8 Å². The zero-order chi connectivity index (χ0) is 16.1. The molecule has 0 aliphatic carbocycles. The van der Waals surface area contributed by atoms with E-state index < -0.39 is 0 Å². The number of thioether (sulfide) groups is 1. The summed E-state index contributed by atoms with van der Waals surface area (Å²) >= 11 is 2.44. The SMILES string of the molecule is COC(=O)CSc1nnc(NC(=O)c2cc(C)ccc2C)s1. The van der Waals surface area contributed by atoms with Gasteiger partial charge in [-0.3, -0.25) is 14.9 Å². The zero-order valence-corrected chi connectivity index (χ0v) is 14.0. The summed E-state index contributed by atoms with van der Waals surface area (Å²) in [4.78, 5) is 23.3. The van der Waals surface area contributed by atoms with Crippen LogP contribution in [-0.2, 0) is 9.53 Å². The first-order valence-electron chi connectivity index (χ1n) is 6.41. The second kappa shape index (κ2) is 7.37. The number of anilines is 1. The van der Waals surface area contributed by atoms with Crippen LogP contribution in [0.25, 0.3) is 0 Å². The number of nitrogens with zero attached hydrogens (tertiary/aromatic N) is 2. The number of amides is 1. The van der Waals surface area contributed by atoms with E-state index in [1.807, 2.05) is 32.0 Å². The molecule has 6 nitrogen and oxygen atoms in total. The number of hydrogen-bond donors (Lipinski definition) is 1. The minimum Gasteiger partial charge on any atom is -0.468 e. The van der Waals surface area contributed by atoms with Gasteiger partial charge in [0.2, 0.25) is 5.13 Å². The number of benzene rings is 1. The third-order valence-electron chi connectivity index (χ3n) is 2.81. The number of hydrogen-bond acceptors (Lipinski definition) is 7. The molecule has 116 valence electrons. The molecular weight excluding hydrogens is 322 g/mol. The normalized spacial score (nSPS) is 10.3. The van der Waals surface area contributed by atoms with E-state index >= 15 is 0 Å². The highest BCUT2D eigenvalue weighted by molar-refractivity contribution is 8.01. The van der Waals surface area contributed by atoms with Crippen molar-refractivity contribution in [3.05, 3.63) is 34.9 Å². The van der Waals surface area contributed by atoms with Crippen LogP contribution in [0.5, 0.6) is 0 Å². The first-order valence-corrected chi connectivity index (χ1v) is 8.21. The average Bonchev–Trinajstić information content (AvgIpc) is 2.94. The zero-order valence-electron chi connectivity index (χ0n) is 12.4. The fourth-order valence-electron chi connectivity index (χ4n) is 1.64. The summed E-state index contributed by atoms with van der Waals surface area (Å²) in [5, 5.41) is 10.9. The van der Waals surface area contributed by atoms with E-state index in [9.17, 15) is 9.59 Å². The van der Waals surface area contributed by atoms with Gasteiger partial charge in [-0.2, -0.15) is 0 Å². The van der Waals surface area contributed by atoms with Gasteiger partial charge in [-0.05, 0) is 25.5 Å². The predicted molar refractivity (Wildman–Crippen MR) is 86.5 cm³/mol. The third kappa shape index (κ3) is 4.28. The van der Waals surface area contributed by atoms with Gasteiger partial charge in [0.05, 0.1) is 12.9 Å². The lowest BCUT2D eigenvalue weighted by Crippen LogP contribution is -2.13. The van der Waals surface area contributed by atoms with E-state index in [-0.39, 0.29) is 17.6 Å². The maximum atomic E-state index is 12.3. The molecule has 2 aromatic rings. The van der Waals surface area contributed by atoms with Crippen LogP contribution in [0.1, 0.15) is 21.5 Å². The van der Waals surface area contributed by atoms with E-state index in [1.165, 1.54) is 30.2 Å². The van der Waals surface area contributed by atoms with Crippen LogP contribution in [0.4, 0.5) is 5.13 Å². The molecule has 0 atom stereocenters. The Balaban J connectivity index is 2.02. The Bertz CT molecular complexity index is 700. The number of nitrogens with one attached hydrogen (secondary N) is 1. The van der Waals surface area contributed by atoms with Crippen molar-refractivity contribution in [3.63, 3.8) is 0 Å². The van der Waals surface area contributed by atoms with Gasteiger partial charge in [0, 0.05) is 5.56 Å². The molecule has 1 aromatic carbocycles. The van der Waals surface area contributed by atoms with Crippen molar-refractivity contribution in [1.29, 1.82) is 0 Å². The number of rotatable bonds is 5. The number of esters is 1. The molecule has 22 heavy (non-hydrogen) atoms. The molecule has 0 bridgehead atoms. The lowest BCUT2D eigenvalue weighted by Gasteiger charge is -2.05. The summed E-state index contributed by atoms with van der Waals surface area (Å²) in [6.07, 6.45) is 0. The molecule has 0 saturated carbocycles. The van der Waals surface area contributed by atoms with Crippen LogP contribution >= 0.6 is 23.1 Å². The fourth-order valence-corrected chi connectivity index (χ4v) is 3.22. The van der Waals surface area contributed by atoms with Crippen LogP contribution in [0, 0.1) is 13.8 Å². The molecule has 0 aliphatic rings. The number of carbonyl (C=O) groups is 2. The van der Waals surface area contributed by atoms with Crippen molar-refractivity contribution in [2.75, 3.05) is 18.2 Å². The highest BCUT2D eigenvalue weighted by Gasteiger charge is 2.13. The number of aromatic nitrogens is 2. The van der Waals surface area contributed by atoms with Crippen LogP contribution in [0.2, 0.25) is 0 Å². The van der Waals surface area contributed by atoms with Crippen LogP contribution in [-0.4, -0.2) is 34.9 Å². The van der Waals surface area contributed by atoms with Crippen molar-refractivity contribution in [3.8, 4) is 0 Å². The van der Waals surface area contributed by atoms with Gasteiger partial charge >= 0.3 is 5.97 Å². The predicted octanol–water partition coefficient (Wildman–Crippen LogP) is 2.67. The molecule has 1 aromatic heterocycles. The summed E-state index contributed by atoms with van der Waals surface area (Å²) < 4.78 is 5.15. The molecule has 0 radical (unpaired) electrons. The molecular formula is C14H15N3O3S2. The maximum absolute atomic E-state index is 12.3. The first kappa shape index (κ1) is 16.4. The van der Waals surface area contributed by atoms with Gasteiger partial charge in [0.1, 0.15) is 0 Å². The summed E-state index contributed by atoms with van der Waals surface area (Å²) in [6.45, 7) is 3.81. The summed E-state index contributed by atoms with van der Waals surface area (Å²) in [7, 11) is 1.33. The van der Waals surface area contributed by atoms with Gasteiger partial charge in [-0.25, -0.2) is 0 Å². The number of carbonyl (C=O) groups excluding carboxylic acids is 2. The molecule has 0 saturated heterocycles. The standard InChI is InChI=1S/C14H15N3O3S2/c1-8-4-5-9(2)10(6-8)12(19)15-13-16-17-14(22-13)21-7-11(18)20-3/h4-6H,7H2,1-3H3,(H,15,16,19). The van der Waals surface area contributed by atoms with Crippen LogP contribution < -0.4 is 5.32 Å². The Morgan fingerprint density at radius 3 is 2.82 bits per heavy atom. The quantitative estimate of drug-likeness (QED) is 0.513. The molecule has 2 rings (SSSR count). The smallest absolute Gasteiger partial charge is 0.316 e. The first-order chi connectivity index (χ1) is 10.5. The number of ether oxygens (including phenoxy) is 1. The van der Waals surface area contributed by atoms with Gasteiger partial charge < -0.3 is 4.74 Å². The van der Waals surface area contributed by atoms with Crippen LogP contribution in [0.15, 0.2) is 22.5 Å². The summed E-state index contributed by atoms with van der Waals surface area (Å²) in [6, 6.07) is 5.69. The van der Waals surface area contributed by atoms with Gasteiger partial charge in [-0.15, -0.1) is 10.2 Å². The molecule has 0 unspecified atom stereocenters. The van der Waals surface area contributed by atoms with E-state index in [2.05, 4.69) is 20.3 Å². The van der Waals surface area contributed by atoms with Crippen LogP contribution in [0.3, 0.4) is 0 Å². The fraction of sp³-hybridized carbons (Fsp3) is 0.286. The van der Waals surface area contributed by atoms with Crippen molar-refractivity contribution in [2.24, 2.45) is 0 Å². The number of aryl methyl sites for hydroxylation is 2. The highest BCUT2D eigenvalue weighted by Crippen LogP contribution is 2.26. The summed E-state index contributed by atoms with van der Waals surface area (Å²) in [5.41, 5.74) is 2.52. The Morgan fingerprint density at radius 2 is 2.09 bits per heavy atom.